The van der Waals surface area contributed by atoms with Crippen LogP contribution in [0.2, 0.25) is 0 Å². The van der Waals surface area contributed by atoms with Gasteiger partial charge in [0.05, 0.1) is 29.9 Å². The minimum Gasteiger partial charge on any atom is -0.345 e. The average molecular weight is 557 g/mol. The predicted octanol–water partition coefficient (Wildman–Crippen LogP) is 3.16. The molecule has 11 nitrogen and oxygen atoms in total. The molecule has 11 heteroatoms. The van der Waals surface area contributed by atoms with E-state index in [2.05, 4.69) is 15.7 Å². The maximum absolute atomic E-state index is 13.9. The molecule has 0 saturated carbocycles. The number of hydrogen-bond acceptors (Lipinski definition) is 6. The highest BCUT2D eigenvalue weighted by molar-refractivity contribution is 6.00. The molecule has 2 atom stereocenters. The van der Waals surface area contributed by atoms with Gasteiger partial charge in [-0.05, 0) is 37.8 Å². The molecule has 3 aromatic heterocycles. The SMILES string of the molecule is Cc1ccc2c(C(=O)N3CCCC(=O)N[C@H](C)C(=O)N[C@@H](C(C)C)c4nc(-c5ccccc5)nn4CC3)cnn2c1. The molecular weight excluding hydrogens is 520 g/mol. The van der Waals surface area contributed by atoms with Crippen LogP contribution in [-0.4, -0.2) is 66.1 Å². The van der Waals surface area contributed by atoms with Gasteiger partial charge in [0.2, 0.25) is 11.8 Å². The second-order valence-corrected chi connectivity index (χ2v) is 10.9. The van der Waals surface area contributed by atoms with Crippen molar-refractivity contribution in [2.24, 2.45) is 5.92 Å². The number of nitrogens with zero attached hydrogens (tertiary/aromatic N) is 6. The Balaban J connectivity index is 1.52. The van der Waals surface area contributed by atoms with E-state index >= 15 is 0 Å². The number of carbonyl (C=O) groups excluding carboxylic acids is 3. The van der Waals surface area contributed by atoms with Crippen molar-refractivity contribution in [2.75, 3.05) is 13.1 Å². The normalized spacial score (nSPS) is 19.0. The summed E-state index contributed by atoms with van der Waals surface area (Å²) in [6.45, 7) is 8.70. The number of hydrogen-bond donors (Lipinski definition) is 2. The first-order valence-corrected chi connectivity index (χ1v) is 14.0. The van der Waals surface area contributed by atoms with Crippen LogP contribution in [0.5, 0.6) is 0 Å². The molecule has 0 bridgehead atoms. The van der Waals surface area contributed by atoms with Gasteiger partial charge in [-0.3, -0.25) is 14.4 Å². The Labute approximate surface area is 238 Å². The van der Waals surface area contributed by atoms with E-state index in [-0.39, 0.29) is 30.1 Å². The van der Waals surface area contributed by atoms with Crippen LogP contribution in [0.1, 0.15) is 61.4 Å². The average Bonchev–Trinajstić information content (AvgIpc) is 3.57. The van der Waals surface area contributed by atoms with E-state index in [1.807, 2.05) is 69.4 Å². The predicted molar refractivity (Wildman–Crippen MR) is 154 cm³/mol. The van der Waals surface area contributed by atoms with Crippen molar-refractivity contribution >= 4 is 23.2 Å². The summed E-state index contributed by atoms with van der Waals surface area (Å²) in [6, 6.07) is 12.3. The molecular formula is C30H36N8O3. The lowest BCUT2D eigenvalue weighted by molar-refractivity contribution is -0.129. The number of amides is 3. The van der Waals surface area contributed by atoms with Crippen molar-refractivity contribution in [1.29, 1.82) is 0 Å². The molecule has 0 fully saturated rings. The first-order chi connectivity index (χ1) is 19.7. The summed E-state index contributed by atoms with van der Waals surface area (Å²) >= 11 is 0. The maximum Gasteiger partial charge on any atom is 0.257 e. The number of aryl methyl sites for hydroxylation is 1. The zero-order valence-electron chi connectivity index (χ0n) is 23.9. The van der Waals surface area contributed by atoms with Gasteiger partial charge in [-0.1, -0.05) is 50.2 Å². The van der Waals surface area contributed by atoms with Gasteiger partial charge in [0.25, 0.3) is 5.91 Å². The smallest absolute Gasteiger partial charge is 0.257 e. The van der Waals surface area contributed by atoms with E-state index in [1.165, 1.54) is 0 Å². The van der Waals surface area contributed by atoms with Crippen molar-refractivity contribution < 1.29 is 14.4 Å². The molecule has 4 heterocycles. The topological polar surface area (TPSA) is 127 Å². The van der Waals surface area contributed by atoms with Crippen molar-refractivity contribution in [3.05, 3.63) is 71.8 Å². The number of rotatable bonds is 3. The maximum atomic E-state index is 13.9. The summed E-state index contributed by atoms with van der Waals surface area (Å²) in [4.78, 5) is 46.2. The van der Waals surface area contributed by atoms with Gasteiger partial charge >= 0.3 is 0 Å². The van der Waals surface area contributed by atoms with Crippen molar-refractivity contribution in [2.45, 2.75) is 59.2 Å². The third kappa shape index (κ3) is 6.13. The zero-order valence-corrected chi connectivity index (χ0v) is 23.9. The molecule has 0 spiro atoms. The summed E-state index contributed by atoms with van der Waals surface area (Å²) < 4.78 is 3.50. The van der Waals surface area contributed by atoms with Crippen LogP contribution >= 0.6 is 0 Å². The van der Waals surface area contributed by atoms with Gasteiger partial charge < -0.3 is 15.5 Å². The molecule has 41 heavy (non-hydrogen) atoms. The van der Waals surface area contributed by atoms with Crippen LogP contribution in [0, 0.1) is 12.8 Å². The fourth-order valence-corrected chi connectivity index (χ4v) is 5.03. The molecule has 1 aromatic carbocycles. The molecule has 0 saturated heterocycles. The van der Waals surface area contributed by atoms with Crippen LogP contribution in [0.25, 0.3) is 16.9 Å². The van der Waals surface area contributed by atoms with Gasteiger partial charge in [0.1, 0.15) is 6.04 Å². The number of carbonyl (C=O) groups is 3. The van der Waals surface area contributed by atoms with Crippen molar-refractivity contribution in [1.82, 2.24) is 39.9 Å². The first-order valence-electron chi connectivity index (χ1n) is 14.0. The molecule has 1 aliphatic rings. The van der Waals surface area contributed by atoms with Crippen LogP contribution in [0.4, 0.5) is 0 Å². The second-order valence-electron chi connectivity index (χ2n) is 10.9. The Morgan fingerprint density at radius 3 is 2.56 bits per heavy atom. The number of benzene rings is 1. The van der Waals surface area contributed by atoms with E-state index in [0.717, 1.165) is 16.6 Å². The van der Waals surface area contributed by atoms with Gasteiger partial charge in [-0.15, -0.1) is 0 Å². The Hall–Kier alpha value is -4.54. The molecule has 3 amide bonds. The largest absolute Gasteiger partial charge is 0.345 e. The molecule has 0 radical (unpaired) electrons. The molecule has 0 unspecified atom stereocenters. The Morgan fingerprint density at radius 1 is 1.02 bits per heavy atom. The summed E-state index contributed by atoms with van der Waals surface area (Å²) in [6.07, 6.45) is 4.11. The first kappa shape index (κ1) is 28.0. The number of fused-ring (bicyclic) bond motifs is 2. The minimum atomic E-state index is -0.725. The molecule has 0 aliphatic carbocycles. The van der Waals surface area contributed by atoms with E-state index in [9.17, 15) is 14.4 Å². The molecule has 214 valence electrons. The van der Waals surface area contributed by atoms with Gasteiger partial charge in [0, 0.05) is 31.3 Å². The van der Waals surface area contributed by atoms with Crippen LogP contribution in [-0.2, 0) is 16.1 Å². The highest BCUT2D eigenvalue weighted by Crippen LogP contribution is 2.25. The summed E-state index contributed by atoms with van der Waals surface area (Å²) in [7, 11) is 0. The summed E-state index contributed by atoms with van der Waals surface area (Å²) in [5.41, 5.74) is 3.12. The standard InChI is InChI=1S/C30H36N8O3/c1-19(2)26-28-34-27(22-9-6-5-7-10-22)35-37(28)16-15-36(14-8-11-25(39)32-21(4)29(40)33-26)30(41)23-17-31-38-18-20(3)12-13-24(23)38/h5-7,9-10,12-13,17-19,21,26H,8,11,14-16H2,1-4H3,(H,32,39)(H,33,40)/t21-,26+/m1/s1. The third-order valence-electron chi connectivity index (χ3n) is 7.34. The highest BCUT2D eigenvalue weighted by atomic mass is 16.2. The second kappa shape index (κ2) is 11.9. The number of pyridine rings is 1. The van der Waals surface area contributed by atoms with Crippen LogP contribution < -0.4 is 10.6 Å². The summed E-state index contributed by atoms with van der Waals surface area (Å²) in [5, 5.41) is 15.1. The van der Waals surface area contributed by atoms with E-state index in [0.29, 0.717) is 43.3 Å². The van der Waals surface area contributed by atoms with E-state index in [1.54, 1.807) is 27.2 Å². The molecule has 2 N–H and O–H groups in total. The molecule has 1 aliphatic heterocycles. The third-order valence-corrected chi connectivity index (χ3v) is 7.34. The highest BCUT2D eigenvalue weighted by Gasteiger charge is 2.29. The van der Waals surface area contributed by atoms with Gasteiger partial charge in [0.15, 0.2) is 11.6 Å². The number of nitrogens with one attached hydrogen (secondary N) is 2. The minimum absolute atomic E-state index is 0.0127. The van der Waals surface area contributed by atoms with Gasteiger partial charge in [-0.2, -0.15) is 10.2 Å². The lowest BCUT2D eigenvalue weighted by atomic mass is 10.0. The summed E-state index contributed by atoms with van der Waals surface area (Å²) in [5.74, 6) is 0.442. The zero-order chi connectivity index (χ0) is 29.1. The lowest BCUT2D eigenvalue weighted by Crippen LogP contribution is -2.47. The monoisotopic (exact) mass is 556 g/mol. The lowest BCUT2D eigenvalue weighted by Gasteiger charge is -2.27. The Morgan fingerprint density at radius 2 is 1.80 bits per heavy atom. The fourth-order valence-electron chi connectivity index (χ4n) is 5.03. The molecule has 5 rings (SSSR count). The quantitative estimate of drug-likeness (QED) is 0.399. The fraction of sp³-hybridized carbons (Fsp3) is 0.400. The Kier molecular flexibility index (Phi) is 8.14. The van der Waals surface area contributed by atoms with Crippen LogP contribution in [0.3, 0.4) is 0 Å². The van der Waals surface area contributed by atoms with E-state index < -0.39 is 12.1 Å². The van der Waals surface area contributed by atoms with Gasteiger partial charge in [-0.25, -0.2) is 14.2 Å². The van der Waals surface area contributed by atoms with Crippen molar-refractivity contribution in [3.63, 3.8) is 0 Å². The van der Waals surface area contributed by atoms with Crippen LogP contribution in [0.15, 0.2) is 54.9 Å². The number of aromatic nitrogens is 5. The van der Waals surface area contributed by atoms with Crippen molar-refractivity contribution in [3.8, 4) is 11.4 Å². The van der Waals surface area contributed by atoms with E-state index in [4.69, 9.17) is 10.1 Å². The Bertz CT molecular complexity index is 1560. The molecule has 4 aromatic rings.